The number of nitrogens with zero attached hydrogens (tertiary/aromatic N) is 2. The van der Waals surface area contributed by atoms with Gasteiger partial charge in [0.2, 0.25) is 0 Å². The molecule has 1 aromatic heterocycles. The molecule has 0 aliphatic carbocycles. The van der Waals surface area contributed by atoms with Gasteiger partial charge in [0.1, 0.15) is 5.02 Å². The van der Waals surface area contributed by atoms with E-state index in [2.05, 4.69) is 5.10 Å². The van der Waals surface area contributed by atoms with Crippen LogP contribution in [0.3, 0.4) is 0 Å². The van der Waals surface area contributed by atoms with Gasteiger partial charge in [-0.2, -0.15) is 5.10 Å². The average molecular weight is 287 g/mol. The Morgan fingerprint density at radius 3 is 2.53 bits per heavy atom. The fourth-order valence-electron chi connectivity index (χ4n) is 1.20. The van der Waals surface area contributed by atoms with Crippen molar-refractivity contribution >= 4 is 35.0 Å². The van der Waals surface area contributed by atoms with E-state index in [4.69, 9.17) is 23.2 Å². The summed E-state index contributed by atoms with van der Waals surface area (Å²) in [5.74, 6) is 0. The van der Waals surface area contributed by atoms with Crippen LogP contribution in [0.2, 0.25) is 10.0 Å². The van der Waals surface area contributed by atoms with Gasteiger partial charge in [0.25, 0.3) is 5.56 Å². The van der Waals surface area contributed by atoms with E-state index in [0.29, 0.717) is 9.92 Å². The zero-order valence-electron chi connectivity index (χ0n) is 8.85. The molecule has 0 unspecified atom stereocenters. The van der Waals surface area contributed by atoms with E-state index in [1.165, 1.54) is 16.4 Å². The summed E-state index contributed by atoms with van der Waals surface area (Å²) in [5.41, 5.74) is -0.300. The molecule has 0 N–H and O–H groups in total. The van der Waals surface area contributed by atoms with Crippen molar-refractivity contribution in [2.24, 2.45) is 7.05 Å². The summed E-state index contributed by atoms with van der Waals surface area (Å²) in [6, 6.07) is 7.29. The third kappa shape index (κ3) is 2.83. The first-order chi connectivity index (χ1) is 8.08. The minimum absolute atomic E-state index is 0.183. The lowest BCUT2D eigenvalue weighted by Crippen LogP contribution is -2.19. The van der Waals surface area contributed by atoms with Crippen molar-refractivity contribution in [2.45, 2.75) is 9.79 Å². The van der Waals surface area contributed by atoms with Crippen LogP contribution in [0, 0.1) is 0 Å². The predicted molar refractivity (Wildman–Crippen MR) is 70.1 cm³/mol. The monoisotopic (exact) mass is 286 g/mol. The second kappa shape index (κ2) is 5.12. The topological polar surface area (TPSA) is 34.9 Å². The molecule has 1 heterocycles. The number of benzene rings is 1. The van der Waals surface area contributed by atoms with E-state index < -0.39 is 0 Å². The Labute approximate surface area is 112 Å². The molecule has 0 spiro atoms. The van der Waals surface area contributed by atoms with Gasteiger partial charge < -0.3 is 0 Å². The van der Waals surface area contributed by atoms with Gasteiger partial charge >= 0.3 is 0 Å². The molecule has 0 bridgehead atoms. The van der Waals surface area contributed by atoms with Crippen molar-refractivity contribution in [3.8, 4) is 0 Å². The van der Waals surface area contributed by atoms with Crippen LogP contribution in [-0.2, 0) is 7.05 Å². The lowest BCUT2D eigenvalue weighted by Gasteiger charge is -2.04. The number of aromatic nitrogens is 2. The Hall–Kier alpha value is -0.970. The summed E-state index contributed by atoms with van der Waals surface area (Å²) in [6.45, 7) is 0. The van der Waals surface area contributed by atoms with Crippen LogP contribution >= 0.6 is 35.0 Å². The Balaban J connectivity index is 2.34. The highest BCUT2D eigenvalue weighted by Gasteiger charge is 2.08. The first kappa shape index (κ1) is 12.5. The van der Waals surface area contributed by atoms with Gasteiger partial charge in [-0.25, -0.2) is 4.68 Å². The maximum atomic E-state index is 11.6. The second-order valence-electron chi connectivity index (χ2n) is 3.31. The van der Waals surface area contributed by atoms with Crippen molar-refractivity contribution in [1.82, 2.24) is 9.78 Å². The van der Waals surface area contributed by atoms with Gasteiger partial charge in [-0.05, 0) is 24.3 Å². The zero-order chi connectivity index (χ0) is 12.4. The van der Waals surface area contributed by atoms with E-state index >= 15 is 0 Å². The van der Waals surface area contributed by atoms with E-state index in [-0.39, 0.29) is 10.6 Å². The van der Waals surface area contributed by atoms with Crippen LogP contribution in [0.4, 0.5) is 0 Å². The van der Waals surface area contributed by atoms with E-state index in [1.54, 1.807) is 25.4 Å². The summed E-state index contributed by atoms with van der Waals surface area (Å²) in [6.07, 6.45) is 1.57. The molecule has 88 valence electrons. The number of hydrogen-bond acceptors (Lipinski definition) is 3. The summed E-state index contributed by atoms with van der Waals surface area (Å²) in [5, 5.41) is 4.78. The summed E-state index contributed by atoms with van der Waals surface area (Å²) >= 11 is 13.1. The number of halogens is 2. The Morgan fingerprint density at radius 2 is 1.88 bits per heavy atom. The molecule has 0 atom stereocenters. The van der Waals surface area contributed by atoms with Gasteiger partial charge in [0.05, 0.1) is 11.1 Å². The Morgan fingerprint density at radius 1 is 1.24 bits per heavy atom. The largest absolute Gasteiger partial charge is 0.286 e. The summed E-state index contributed by atoms with van der Waals surface area (Å²) in [4.78, 5) is 13.2. The molecule has 0 saturated carbocycles. The van der Waals surface area contributed by atoms with Crippen molar-refractivity contribution in [3.05, 3.63) is 50.9 Å². The third-order valence-corrected chi connectivity index (χ3v) is 3.85. The molecule has 0 aliphatic heterocycles. The van der Waals surface area contributed by atoms with E-state index in [1.807, 2.05) is 12.1 Å². The first-order valence-electron chi connectivity index (χ1n) is 4.73. The molecule has 0 fully saturated rings. The SMILES string of the molecule is Cn1ncc(Sc2ccc(Cl)cc2)c(Cl)c1=O. The van der Waals surface area contributed by atoms with Crippen LogP contribution < -0.4 is 5.56 Å². The second-order valence-corrected chi connectivity index (χ2v) is 5.24. The van der Waals surface area contributed by atoms with Crippen molar-refractivity contribution in [1.29, 1.82) is 0 Å². The van der Waals surface area contributed by atoms with Gasteiger partial charge in [-0.1, -0.05) is 35.0 Å². The van der Waals surface area contributed by atoms with Crippen molar-refractivity contribution in [2.75, 3.05) is 0 Å². The van der Waals surface area contributed by atoms with Crippen LogP contribution in [0.25, 0.3) is 0 Å². The quantitative estimate of drug-likeness (QED) is 0.850. The van der Waals surface area contributed by atoms with E-state index in [0.717, 1.165) is 4.90 Å². The van der Waals surface area contributed by atoms with Gasteiger partial charge in [-0.15, -0.1) is 0 Å². The standard InChI is InChI=1S/C11H8Cl2N2OS/c1-15-11(16)10(13)9(6-14-15)17-8-4-2-7(12)3-5-8/h2-6H,1H3. The van der Waals surface area contributed by atoms with Crippen LogP contribution in [0.1, 0.15) is 0 Å². The number of aryl methyl sites for hydroxylation is 1. The van der Waals surface area contributed by atoms with Gasteiger partial charge in [-0.3, -0.25) is 4.79 Å². The van der Waals surface area contributed by atoms with Crippen LogP contribution in [0.15, 0.2) is 45.0 Å². The molecule has 1 aromatic carbocycles. The lowest BCUT2D eigenvalue weighted by molar-refractivity contribution is 0.696. The fourth-order valence-corrected chi connectivity index (χ4v) is 2.41. The maximum absolute atomic E-state index is 11.6. The molecule has 0 radical (unpaired) electrons. The van der Waals surface area contributed by atoms with Gasteiger partial charge in [0, 0.05) is 17.0 Å². The van der Waals surface area contributed by atoms with Crippen molar-refractivity contribution in [3.63, 3.8) is 0 Å². The minimum Gasteiger partial charge on any atom is -0.266 e. The Bertz CT molecular complexity index is 595. The van der Waals surface area contributed by atoms with Crippen LogP contribution in [0.5, 0.6) is 0 Å². The molecule has 3 nitrogen and oxygen atoms in total. The molecule has 6 heteroatoms. The summed E-state index contributed by atoms with van der Waals surface area (Å²) in [7, 11) is 1.56. The first-order valence-corrected chi connectivity index (χ1v) is 6.30. The lowest BCUT2D eigenvalue weighted by atomic mass is 10.4. The Kier molecular flexibility index (Phi) is 3.76. The molecule has 2 rings (SSSR count). The molecular formula is C11H8Cl2N2OS. The average Bonchev–Trinajstić information content (AvgIpc) is 2.33. The number of rotatable bonds is 2. The molecular weight excluding hydrogens is 279 g/mol. The zero-order valence-corrected chi connectivity index (χ0v) is 11.2. The molecule has 2 aromatic rings. The van der Waals surface area contributed by atoms with Crippen LogP contribution in [-0.4, -0.2) is 9.78 Å². The third-order valence-electron chi connectivity index (χ3n) is 2.09. The van der Waals surface area contributed by atoms with Gasteiger partial charge in [0.15, 0.2) is 0 Å². The normalized spacial score (nSPS) is 10.5. The van der Waals surface area contributed by atoms with E-state index in [9.17, 15) is 4.79 Å². The highest BCUT2D eigenvalue weighted by Crippen LogP contribution is 2.31. The minimum atomic E-state index is -0.300. The molecule has 0 aliphatic rings. The molecule has 0 saturated heterocycles. The molecule has 0 amide bonds. The highest BCUT2D eigenvalue weighted by molar-refractivity contribution is 7.99. The molecule has 17 heavy (non-hydrogen) atoms. The maximum Gasteiger partial charge on any atom is 0.286 e. The van der Waals surface area contributed by atoms with Crippen molar-refractivity contribution < 1.29 is 0 Å². The smallest absolute Gasteiger partial charge is 0.266 e. The summed E-state index contributed by atoms with van der Waals surface area (Å²) < 4.78 is 1.20. The highest BCUT2D eigenvalue weighted by atomic mass is 35.5. The fraction of sp³-hybridized carbons (Fsp3) is 0.0909. The predicted octanol–water partition coefficient (Wildman–Crippen LogP) is 3.24. The number of hydrogen-bond donors (Lipinski definition) is 0.